The molecule has 0 aromatic heterocycles. The molecule has 1 aromatic carbocycles. The van der Waals surface area contributed by atoms with E-state index < -0.39 is 11.7 Å². The Kier molecular flexibility index (Phi) is 4.83. The monoisotopic (exact) mass is 342 g/mol. The summed E-state index contributed by atoms with van der Waals surface area (Å²) in [5.74, 6) is -0.270. The van der Waals surface area contributed by atoms with Crippen molar-refractivity contribution < 1.29 is 22.7 Å². The van der Waals surface area contributed by atoms with Gasteiger partial charge < -0.3 is 15.4 Å². The number of amides is 1. The Morgan fingerprint density at radius 3 is 2.79 bits per heavy atom. The Morgan fingerprint density at radius 2 is 2.08 bits per heavy atom. The minimum atomic E-state index is -4.40. The van der Waals surface area contributed by atoms with Gasteiger partial charge in [-0.2, -0.15) is 13.2 Å². The number of alkyl halides is 3. The number of hydrogen-bond donors (Lipinski definition) is 2. The zero-order valence-corrected chi connectivity index (χ0v) is 13.3. The molecular formula is C17H21F3N2O2. The largest absolute Gasteiger partial charge is 0.416 e. The normalized spacial score (nSPS) is 23.4. The SMILES string of the molecule is O=C(Cc1cccc(C(F)(F)F)c1)N[C@@H]1COC2(CCNCC2)C1. The van der Waals surface area contributed by atoms with Crippen LogP contribution in [0.5, 0.6) is 0 Å². The summed E-state index contributed by atoms with van der Waals surface area (Å²) in [5.41, 5.74) is -0.525. The number of nitrogens with one attached hydrogen (secondary N) is 2. The molecule has 1 aromatic rings. The summed E-state index contributed by atoms with van der Waals surface area (Å²) in [6, 6.07) is 4.83. The maximum absolute atomic E-state index is 12.7. The molecule has 0 aliphatic carbocycles. The number of carbonyl (C=O) groups excluding carboxylic acids is 1. The first-order valence-electron chi connectivity index (χ1n) is 8.17. The lowest BCUT2D eigenvalue weighted by Gasteiger charge is -2.32. The van der Waals surface area contributed by atoms with Crippen molar-refractivity contribution in [1.82, 2.24) is 10.6 Å². The molecule has 2 heterocycles. The number of rotatable bonds is 3. The van der Waals surface area contributed by atoms with Crippen molar-refractivity contribution in [3.63, 3.8) is 0 Å². The van der Waals surface area contributed by atoms with E-state index in [1.807, 2.05) is 0 Å². The van der Waals surface area contributed by atoms with Crippen LogP contribution in [-0.4, -0.2) is 37.2 Å². The Bertz CT molecular complexity index is 598. The highest BCUT2D eigenvalue weighted by Crippen LogP contribution is 2.34. The summed E-state index contributed by atoms with van der Waals surface area (Å²) in [6.07, 6.45) is -1.84. The first-order valence-corrected chi connectivity index (χ1v) is 8.17. The number of carbonyl (C=O) groups is 1. The fraction of sp³-hybridized carbons (Fsp3) is 0.588. The van der Waals surface area contributed by atoms with Crippen LogP contribution >= 0.6 is 0 Å². The average Bonchev–Trinajstić information content (AvgIpc) is 2.89. The number of halogens is 3. The van der Waals surface area contributed by atoms with Gasteiger partial charge in [0.1, 0.15) is 0 Å². The Hall–Kier alpha value is -1.60. The molecule has 2 saturated heterocycles. The predicted molar refractivity (Wildman–Crippen MR) is 82.5 cm³/mol. The Labute approximate surface area is 138 Å². The van der Waals surface area contributed by atoms with E-state index in [1.165, 1.54) is 12.1 Å². The molecule has 1 spiro atoms. The van der Waals surface area contributed by atoms with Crippen molar-refractivity contribution in [2.45, 2.75) is 43.5 Å². The van der Waals surface area contributed by atoms with E-state index in [0.717, 1.165) is 44.5 Å². The number of hydrogen-bond acceptors (Lipinski definition) is 3. The molecule has 1 atom stereocenters. The molecule has 2 aliphatic heterocycles. The highest BCUT2D eigenvalue weighted by atomic mass is 19.4. The topological polar surface area (TPSA) is 50.4 Å². The van der Waals surface area contributed by atoms with E-state index >= 15 is 0 Å². The van der Waals surface area contributed by atoms with Crippen molar-refractivity contribution in [3.05, 3.63) is 35.4 Å². The van der Waals surface area contributed by atoms with E-state index in [0.29, 0.717) is 12.2 Å². The van der Waals surface area contributed by atoms with E-state index in [2.05, 4.69) is 10.6 Å². The second kappa shape index (κ2) is 6.72. The second-order valence-electron chi connectivity index (χ2n) is 6.59. The van der Waals surface area contributed by atoms with Gasteiger partial charge in [0.2, 0.25) is 5.91 Å². The van der Waals surface area contributed by atoms with Crippen LogP contribution in [0.2, 0.25) is 0 Å². The molecule has 2 aliphatic rings. The summed E-state index contributed by atoms with van der Waals surface area (Å²) >= 11 is 0. The molecule has 0 saturated carbocycles. The van der Waals surface area contributed by atoms with Crippen molar-refractivity contribution in [1.29, 1.82) is 0 Å². The fourth-order valence-electron chi connectivity index (χ4n) is 3.49. The van der Waals surface area contributed by atoms with Gasteiger partial charge in [0.15, 0.2) is 0 Å². The van der Waals surface area contributed by atoms with Crippen LogP contribution in [-0.2, 0) is 22.1 Å². The van der Waals surface area contributed by atoms with Gasteiger partial charge in [0, 0.05) is 0 Å². The lowest BCUT2D eigenvalue weighted by molar-refractivity contribution is -0.137. The molecule has 7 heteroatoms. The summed E-state index contributed by atoms with van der Waals surface area (Å²) in [4.78, 5) is 12.1. The van der Waals surface area contributed by atoms with Crippen LogP contribution in [0.15, 0.2) is 24.3 Å². The van der Waals surface area contributed by atoms with E-state index in [1.54, 1.807) is 0 Å². The van der Waals surface area contributed by atoms with Gasteiger partial charge in [-0.15, -0.1) is 0 Å². The van der Waals surface area contributed by atoms with E-state index in [9.17, 15) is 18.0 Å². The molecule has 2 fully saturated rings. The molecule has 132 valence electrons. The van der Waals surface area contributed by atoms with Crippen molar-refractivity contribution in [3.8, 4) is 0 Å². The van der Waals surface area contributed by atoms with Crippen LogP contribution in [0.1, 0.15) is 30.4 Å². The molecule has 4 nitrogen and oxygen atoms in total. The zero-order valence-electron chi connectivity index (χ0n) is 13.3. The lowest BCUT2D eigenvalue weighted by Crippen LogP contribution is -2.43. The minimum Gasteiger partial charge on any atom is -0.373 e. The van der Waals surface area contributed by atoms with E-state index in [-0.39, 0.29) is 24.0 Å². The van der Waals surface area contributed by atoms with Gasteiger partial charge in [-0.05, 0) is 44.0 Å². The quantitative estimate of drug-likeness (QED) is 0.886. The first-order chi connectivity index (χ1) is 11.4. The van der Waals surface area contributed by atoms with Gasteiger partial charge in [0.25, 0.3) is 0 Å². The average molecular weight is 342 g/mol. The molecule has 3 rings (SSSR count). The second-order valence-corrected chi connectivity index (χ2v) is 6.59. The molecule has 0 radical (unpaired) electrons. The van der Waals surface area contributed by atoms with Crippen LogP contribution in [0, 0.1) is 0 Å². The maximum Gasteiger partial charge on any atom is 0.416 e. The highest BCUT2D eigenvalue weighted by molar-refractivity contribution is 5.79. The molecular weight excluding hydrogens is 321 g/mol. The van der Waals surface area contributed by atoms with Gasteiger partial charge >= 0.3 is 6.18 Å². The number of benzene rings is 1. The van der Waals surface area contributed by atoms with Gasteiger partial charge in [-0.3, -0.25) is 4.79 Å². The Morgan fingerprint density at radius 1 is 1.33 bits per heavy atom. The third-order valence-corrected chi connectivity index (χ3v) is 4.71. The van der Waals surface area contributed by atoms with Crippen LogP contribution in [0.3, 0.4) is 0 Å². The summed E-state index contributed by atoms with van der Waals surface area (Å²) in [7, 11) is 0. The lowest BCUT2D eigenvalue weighted by atomic mass is 9.88. The highest BCUT2D eigenvalue weighted by Gasteiger charge is 2.41. The smallest absolute Gasteiger partial charge is 0.373 e. The Balaban J connectivity index is 1.55. The van der Waals surface area contributed by atoms with Gasteiger partial charge in [-0.1, -0.05) is 18.2 Å². The third kappa shape index (κ3) is 4.08. The first kappa shape index (κ1) is 17.2. The minimum absolute atomic E-state index is 0.0605. The predicted octanol–water partition coefficient (Wildman–Crippen LogP) is 2.28. The molecule has 0 bridgehead atoms. The van der Waals surface area contributed by atoms with Crippen LogP contribution in [0.25, 0.3) is 0 Å². The maximum atomic E-state index is 12.7. The van der Waals surface area contributed by atoms with Crippen LogP contribution in [0.4, 0.5) is 13.2 Å². The van der Waals surface area contributed by atoms with E-state index in [4.69, 9.17) is 4.74 Å². The van der Waals surface area contributed by atoms with Crippen molar-refractivity contribution in [2.24, 2.45) is 0 Å². The summed E-state index contributed by atoms with van der Waals surface area (Å²) < 4.78 is 44.0. The third-order valence-electron chi connectivity index (χ3n) is 4.71. The summed E-state index contributed by atoms with van der Waals surface area (Å²) in [5, 5.41) is 6.17. The molecule has 2 N–H and O–H groups in total. The standard InChI is InChI=1S/C17H21F3N2O2/c18-17(19,20)13-3-1-2-12(8-13)9-15(23)22-14-10-16(24-11-14)4-6-21-7-5-16/h1-3,8,14,21H,4-7,9-11H2,(H,22,23)/t14-/m0/s1. The van der Waals surface area contributed by atoms with Gasteiger partial charge in [-0.25, -0.2) is 0 Å². The number of piperidine rings is 1. The number of ether oxygens (including phenoxy) is 1. The zero-order chi connectivity index (χ0) is 17.2. The summed E-state index contributed by atoms with van der Waals surface area (Å²) in [6.45, 7) is 2.28. The molecule has 1 amide bonds. The molecule has 24 heavy (non-hydrogen) atoms. The molecule has 0 unspecified atom stereocenters. The van der Waals surface area contributed by atoms with Gasteiger partial charge in [0.05, 0.1) is 30.2 Å². The van der Waals surface area contributed by atoms with Crippen LogP contribution < -0.4 is 10.6 Å². The van der Waals surface area contributed by atoms with Crippen molar-refractivity contribution in [2.75, 3.05) is 19.7 Å². The van der Waals surface area contributed by atoms with Crippen molar-refractivity contribution >= 4 is 5.91 Å². The fourth-order valence-corrected chi connectivity index (χ4v) is 3.49.